The molecule has 0 spiro atoms. The average molecular weight is 186 g/mol. The second-order valence-corrected chi connectivity index (χ2v) is 2.89. The van der Waals surface area contributed by atoms with Crippen LogP contribution in [0.1, 0.15) is 26.7 Å². The van der Waals surface area contributed by atoms with E-state index in [-0.39, 0.29) is 24.4 Å². The number of Topliss-reactive ketones (excluding diaryl/α,β-unsaturated/α-hetero) is 2. The van der Waals surface area contributed by atoms with Gasteiger partial charge in [0.1, 0.15) is 11.6 Å². The number of methoxy groups -OCH3 is 1. The van der Waals surface area contributed by atoms with Crippen LogP contribution in [0.25, 0.3) is 0 Å². The van der Waals surface area contributed by atoms with Crippen LogP contribution in [0.3, 0.4) is 0 Å². The number of rotatable bonds is 5. The molecule has 0 N–H and O–H groups in total. The van der Waals surface area contributed by atoms with E-state index in [1.807, 2.05) is 0 Å². The Bertz CT molecular complexity index is 206. The highest BCUT2D eigenvalue weighted by atomic mass is 16.5. The predicted octanol–water partition coefficient (Wildman–Crippen LogP) is 0.734. The predicted molar refractivity (Wildman–Crippen MR) is 46.1 cm³/mol. The lowest BCUT2D eigenvalue weighted by molar-refractivity contribution is -0.141. The van der Waals surface area contributed by atoms with Crippen molar-refractivity contribution in [3.05, 3.63) is 0 Å². The maximum absolute atomic E-state index is 10.9. The van der Waals surface area contributed by atoms with E-state index in [2.05, 4.69) is 4.74 Å². The molecule has 0 unspecified atom stereocenters. The van der Waals surface area contributed by atoms with Crippen molar-refractivity contribution < 1.29 is 19.1 Å². The highest BCUT2D eigenvalue weighted by Crippen LogP contribution is 2.09. The second kappa shape index (κ2) is 5.45. The van der Waals surface area contributed by atoms with Crippen LogP contribution in [0.15, 0.2) is 0 Å². The normalized spacial score (nSPS) is 9.85. The number of ether oxygens (including phenoxy) is 1. The molecule has 0 saturated carbocycles. The van der Waals surface area contributed by atoms with E-state index in [9.17, 15) is 14.4 Å². The van der Waals surface area contributed by atoms with Crippen LogP contribution in [-0.4, -0.2) is 24.6 Å². The van der Waals surface area contributed by atoms with E-state index in [4.69, 9.17) is 0 Å². The van der Waals surface area contributed by atoms with Crippen molar-refractivity contribution in [2.24, 2.45) is 5.92 Å². The van der Waals surface area contributed by atoms with E-state index in [1.54, 1.807) is 0 Å². The summed E-state index contributed by atoms with van der Waals surface area (Å²) in [6.07, 6.45) is 0.359. The molecule has 0 bridgehead atoms. The number of hydrogen-bond donors (Lipinski definition) is 0. The quantitative estimate of drug-likeness (QED) is 0.469. The zero-order chi connectivity index (χ0) is 10.4. The molecule has 0 saturated heterocycles. The number of esters is 1. The first kappa shape index (κ1) is 11.8. The minimum atomic E-state index is -0.654. The number of carbonyl (C=O) groups excluding carboxylic acids is 3. The summed E-state index contributed by atoms with van der Waals surface area (Å²) in [4.78, 5) is 32.5. The van der Waals surface area contributed by atoms with Gasteiger partial charge in [-0.25, -0.2) is 0 Å². The molecule has 0 heterocycles. The van der Waals surface area contributed by atoms with Crippen LogP contribution in [-0.2, 0) is 19.1 Å². The van der Waals surface area contributed by atoms with Crippen LogP contribution in [0, 0.1) is 5.92 Å². The summed E-state index contributed by atoms with van der Waals surface area (Å²) >= 11 is 0. The highest BCUT2D eigenvalue weighted by molar-refractivity contribution is 6.00. The standard InChI is InChI=1S/C9H14O4/c1-6(10)8(7(2)11)4-5-9(12)13-3/h8H,4-5H2,1-3H3. The van der Waals surface area contributed by atoms with Crippen LogP contribution in [0.2, 0.25) is 0 Å². The van der Waals surface area contributed by atoms with Crippen molar-refractivity contribution in [2.45, 2.75) is 26.7 Å². The number of carbonyl (C=O) groups is 3. The molecular formula is C9H14O4. The molecule has 0 aromatic rings. The molecule has 0 atom stereocenters. The fourth-order valence-corrected chi connectivity index (χ4v) is 1.06. The fraction of sp³-hybridized carbons (Fsp3) is 0.667. The SMILES string of the molecule is COC(=O)CCC(C(C)=O)C(C)=O. The summed E-state index contributed by atoms with van der Waals surface area (Å²) in [6, 6.07) is 0. The third kappa shape index (κ3) is 4.40. The van der Waals surface area contributed by atoms with Crippen LogP contribution in [0.5, 0.6) is 0 Å². The first-order valence-electron chi connectivity index (χ1n) is 4.06. The maximum atomic E-state index is 10.9. The minimum absolute atomic E-state index is 0.111. The molecule has 0 aliphatic carbocycles. The summed E-state index contributed by atoms with van der Waals surface area (Å²) in [7, 11) is 1.28. The van der Waals surface area contributed by atoms with Crippen molar-refractivity contribution in [1.29, 1.82) is 0 Å². The topological polar surface area (TPSA) is 60.4 Å². The van der Waals surface area contributed by atoms with Gasteiger partial charge in [-0.2, -0.15) is 0 Å². The van der Waals surface area contributed by atoms with Gasteiger partial charge in [0.2, 0.25) is 0 Å². The van der Waals surface area contributed by atoms with Crippen LogP contribution < -0.4 is 0 Å². The van der Waals surface area contributed by atoms with Crippen LogP contribution in [0.4, 0.5) is 0 Å². The largest absolute Gasteiger partial charge is 0.469 e. The third-order valence-corrected chi connectivity index (χ3v) is 1.85. The molecule has 0 amide bonds. The molecular weight excluding hydrogens is 172 g/mol. The van der Waals surface area contributed by atoms with Crippen molar-refractivity contribution in [3.63, 3.8) is 0 Å². The van der Waals surface area contributed by atoms with E-state index >= 15 is 0 Å². The van der Waals surface area contributed by atoms with Gasteiger partial charge in [-0.05, 0) is 20.3 Å². The van der Waals surface area contributed by atoms with Gasteiger partial charge in [0.25, 0.3) is 0 Å². The van der Waals surface area contributed by atoms with Crippen molar-refractivity contribution in [3.8, 4) is 0 Å². The van der Waals surface area contributed by atoms with Gasteiger partial charge >= 0.3 is 5.97 Å². The molecule has 0 fully saturated rings. The number of hydrogen-bond acceptors (Lipinski definition) is 4. The zero-order valence-corrected chi connectivity index (χ0v) is 8.12. The van der Waals surface area contributed by atoms with E-state index in [0.717, 1.165) is 0 Å². The van der Waals surface area contributed by atoms with Gasteiger partial charge in [-0.1, -0.05) is 0 Å². The Morgan fingerprint density at radius 1 is 1.15 bits per heavy atom. The summed E-state index contributed by atoms with van der Waals surface area (Å²) in [6.45, 7) is 2.70. The second-order valence-electron chi connectivity index (χ2n) is 2.89. The fourth-order valence-electron chi connectivity index (χ4n) is 1.06. The van der Waals surface area contributed by atoms with E-state index in [0.29, 0.717) is 0 Å². The molecule has 0 rings (SSSR count). The Labute approximate surface area is 77.3 Å². The van der Waals surface area contributed by atoms with Crippen LogP contribution >= 0.6 is 0 Å². The maximum Gasteiger partial charge on any atom is 0.305 e. The molecule has 0 aromatic heterocycles. The Morgan fingerprint density at radius 3 is 1.92 bits per heavy atom. The summed E-state index contributed by atoms with van der Waals surface area (Å²) in [5.74, 6) is -1.44. The monoisotopic (exact) mass is 186 g/mol. The molecule has 0 aliphatic rings. The third-order valence-electron chi connectivity index (χ3n) is 1.85. The number of ketones is 2. The summed E-state index contributed by atoms with van der Waals surface area (Å²) in [5, 5.41) is 0. The highest BCUT2D eigenvalue weighted by Gasteiger charge is 2.20. The summed E-state index contributed by atoms with van der Waals surface area (Å²) in [5.41, 5.74) is 0. The van der Waals surface area contributed by atoms with E-state index < -0.39 is 11.9 Å². The molecule has 13 heavy (non-hydrogen) atoms. The molecule has 0 aliphatic heterocycles. The lowest BCUT2D eigenvalue weighted by Crippen LogP contribution is -2.20. The van der Waals surface area contributed by atoms with Gasteiger partial charge in [-0.15, -0.1) is 0 Å². The lowest BCUT2D eigenvalue weighted by atomic mass is 9.95. The Morgan fingerprint density at radius 2 is 1.62 bits per heavy atom. The Kier molecular flexibility index (Phi) is 4.96. The van der Waals surface area contributed by atoms with Gasteiger partial charge in [0.05, 0.1) is 13.0 Å². The Balaban J connectivity index is 4.05. The van der Waals surface area contributed by atoms with E-state index in [1.165, 1.54) is 21.0 Å². The average Bonchev–Trinajstić information content (AvgIpc) is 2.03. The first-order chi connectivity index (χ1) is 5.99. The van der Waals surface area contributed by atoms with Gasteiger partial charge in [0, 0.05) is 6.42 Å². The van der Waals surface area contributed by atoms with Gasteiger partial charge in [0.15, 0.2) is 0 Å². The molecule has 0 aromatic carbocycles. The van der Waals surface area contributed by atoms with Gasteiger partial charge in [-0.3, -0.25) is 14.4 Å². The molecule has 4 nitrogen and oxygen atoms in total. The minimum Gasteiger partial charge on any atom is -0.469 e. The zero-order valence-electron chi connectivity index (χ0n) is 8.12. The smallest absolute Gasteiger partial charge is 0.305 e. The van der Waals surface area contributed by atoms with Gasteiger partial charge < -0.3 is 4.74 Å². The first-order valence-corrected chi connectivity index (χ1v) is 4.06. The molecule has 4 heteroatoms. The van der Waals surface area contributed by atoms with Crippen molar-refractivity contribution >= 4 is 17.5 Å². The molecule has 0 radical (unpaired) electrons. The van der Waals surface area contributed by atoms with Crippen molar-refractivity contribution in [2.75, 3.05) is 7.11 Å². The summed E-state index contributed by atoms with van der Waals surface area (Å²) < 4.78 is 4.40. The molecule has 74 valence electrons. The Hall–Kier alpha value is -1.19. The van der Waals surface area contributed by atoms with Crippen molar-refractivity contribution in [1.82, 2.24) is 0 Å². The lowest BCUT2D eigenvalue weighted by Gasteiger charge is -2.08.